The number of anilines is 1. The minimum absolute atomic E-state index is 0.0120. The second-order valence-electron chi connectivity index (χ2n) is 4.99. The lowest BCUT2D eigenvalue weighted by atomic mass is 9.93. The normalized spacial score (nSPS) is 22.6. The largest absolute Gasteiger partial charge is 0.476 e. The molecule has 0 spiro atoms. The summed E-state index contributed by atoms with van der Waals surface area (Å²) in [6.45, 7) is 3.27. The van der Waals surface area contributed by atoms with E-state index < -0.39 is 4.92 Å². The zero-order valence-corrected chi connectivity index (χ0v) is 11.7. The van der Waals surface area contributed by atoms with Gasteiger partial charge in [0.1, 0.15) is 6.33 Å². The van der Waals surface area contributed by atoms with Crippen molar-refractivity contribution in [2.24, 2.45) is 11.7 Å². The van der Waals surface area contributed by atoms with Crippen LogP contribution in [0.4, 0.5) is 11.5 Å². The molecule has 20 heavy (non-hydrogen) atoms. The molecule has 2 rings (SSSR count). The molecule has 2 heterocycles. The van der Waals surface area contributed by atoms with E-state index in [4.69, 9.17) is 10.5 Å². The van der Waals surface area contributed by atoms with Gasteiger partial charge in [-0.3, -0.25) is 10.1 Å². The van der Waals surface area contributed by atoms with Gasteiger partial charge in [-0.25, -0.2) is 4.98 Å². The van der Waals surface area contributed by atoms with Crippen molar-refractivity contribution in [2.75, 3.05) is 25.1 Å². The fourth-order valence-electron chi connectivity index (χ4n) is 2.54. The number of aromatic nitrogens is 2. The van der Waals surface area contributed by atoms with Gasteiger partial charge < -0.3 is 15.4 Å². The quantitative estimate of drug-likeness (QED) is 0.646. The molecule has 1 aliphatic rings. The fourth-order valence-corrected chi connectivity index (χ4v) is 2.54. The topological polar surface area (TPSA) is 107 Å². The Labute approximate surface area is 117 Å². The smallest absolute Gasteiger partial charge is 0.372 e. The number of nitro groups is 1. The van der Waals surface area contributed by atoms with Crippen molar-refractivity contribution in [3.05, 3.63) is 16.4 Å². The maximum Gasteiger partial charge on any atom is 0.372 e. The van der Waals surface area contributed by atoms with Gasteiger partial charge >= 0.3 is 5.69 Å². The zero-order valence-electron chi connectivity index (χ0n) is 11.7. The van der Waals surface area contributed by atoms with Crippen LogP contribution in [0.2, 0.25) is 0 Å². The zero-order chi connectivity index (χ0) is 14.7. The summed E-state index contributed by atoms with van der Waals surface area (Å²) in [5, 5.41) is 11.3. The van der Waals surface area contributed by atoms with Crippen LogP contribution in [0.15, 0.2) is 6.33 Å². The number of hydrogen-bond donors (Lipinski definition) is 1. The number of rotatable bonds is 4. The Kier molecular flexibility index (Phi) is 4.33. The van der Waals surface area contributed by atoms with Crippen molar-refractivity contribution in [2.45, 2.75) is 25.8 Å². The summed E-state index contributed by atoms with van der Waals surface area (Å²) in [7, 11) is 1.36. The molecule has 2 atom stereocenters. The number of ether oxygens (including phenoxy) is 1. The number of nitrogens with zero attached hydrogens (tertiary/aromatic N) is 4. The lowest BCUT2D eigenvalue weighted by Gasteiger charge is -2.38. The first kappa shape index (κ1) is 14.4. The van der Waals surface area contributed by atoms with Crippen molar-refractivity contribution in [1.82, 2.24) is 9.97 Å². The molecule has 1 aliphatic heterocycles. The molecule has 1 saturated heterocycles. The Morgan fingerprint density at radius 2 is 2.30 bits per heavy atom. The van der Waals surface area contributed by atoms with E-state index in [1.54, 1.807) is 0 Å². The maximum absolute atomic E-state index is 11.3. The van der Waals surface area contributed by atoms with E-state index >= 15 is 0 Å². The molecule has 0 bridgehead atoms. The second kappa shape index (κ2) is 6.00. The van der Waals surface area contributed by atoms with Crippen LogP contribution < -0.4 is 15.4 Å². The standard InChI is InChI=1S/C12H19N5O3/c1-8-3-4-9(5-13)6-16(8)11-10(17(18)19)12(20-2)15-7-14-11/h7-9H,3-6,13H2,1-2H3. The van der Waals surface area contributed by atoms with Crippen LogP contribution in [0.1, 0.15) is 19.8 Å². The fraction of sp³-hybridized carbons (Fsp3) is 0.667. The molecule has 2 N–H and O–H groups in total. The van der Waals surface area contributed by atoms with Crippen LogP contribution in [0.3, 0.4) is 0 Å². The van der Waals surface area contributed by atoms with E-state index in [9.17, 15) is 10.1 Å². The van der Waals surface area contributed by atoms with Gasteiger partial charge in [0.15, 0.2) is 0 Å². The summed E-state index contributed by atoms with van der Waals surface area (Å²) in [6.07, 6.45) is 3.26. The summed E-state index contributed by atoms with van der Waals surface area (Å²) in [4.78, 5) is 20.7. The van der Waals surface area contributed by atoms with E-state index in [1.807, 2.05) is 11.8 Å². The average molecular weight is 281 g/mol. The number of hydrogen-bond acceptors (Lipinski definition) is 7. The van der Waals surface area contributed by atoms with Gasteiger partial charge in [-0.1, -0.05) is 0 Å². The Hall–Kier alpha value is -1.96. The number of methoxy groups -OCH3 is 1. The molecule has 0 aliphatic carbocycles. The molecule has 0 radical (unpaired) electrons. The minimum atomic E-state index is -0.493. The van der Waals surface area contributed by atoms with Gasteiger partial charge in [0.2, 0.25) is 5.82 Å². The molecule has 1 aromatic rings. The van der Waals surface area contributed by atoms with E-state index in [-0.39, 0.29) is 17.6 Å². The molecule has 8 nitrogen and oxygen atoms in total. The van der Waals surface area contributed by atoms with Crippen LogP contribution >= 0.6 is 0 Å². The van der Waals surface area contributed by atoms with Gasteiger partial charge in [-0.05, 0) is 32.2 Å². The highest BCUT2D eigenvalue weighted by atomic mass is 16.6. The number of piperidine rings is 1. The van der Waals surface area contributed by atoms with Gasteiger partial charge in [0.05, 0.1) is 12.0 Å². The third-order valence-electron chi connectivity index (χ3n) is 3.73. The van der Waals surface area contributed by atoms with Gasteiger partial charge in [0.25, 0.3) is 5.88 Å². The Bertz CT molecular complexity index is 496. The second-order valence-corrected chi connectivity index (χ2v) is 4.99. The first-order valence-corrected chi connectivity index (χ1v) is 6.58. The summed E-state index contributed by atoms with van der Waals surface area (Å²) >= 11 is 0. The average Bonchev–Trinajstić information content (AvgIpc) is 2.46. The first-order valence-electron chi connectivity index (χ1n) is 6.58. The predicted octanol–water partition coefficient (Wildman–Crippen LogP) is 0.957. The Morgan fingerprint density at radius 3 is 2.90 bits per heavy atom. The monoisotopic (exact) mass is 281 g/mol. The highest BCUT2D eigenvalue weighted by Crippen LogP contribution is 2.36. The molecular weight excluding hydrogens is 262 g/mol. The molecule has 0 saturated carbocycles. The van der Waals surface area contributed by atoms with Crippen molar-refractivity contribution in [1.29, 1.82) is 0 Å². The van der Waals surface area contributed by atoms with Gasteiger partial charge in [0, 0.05) is 12.6 Å². The molecular formula is C12H19N5O3. The molecule has 8 heteroatoms. The molecule has 110 valence electrons. The first-order chi connectivity index (χ1) is 9.58. The molecule has 1 fully saturated rings. The Balaban J connectivity index is 2.42. The summed E-state index contributed by atoms with van der Waals surface area (Å²) < 4.78 is 4.98. The van der Waals surface area contributed by atoms with Gasteiger partial charge in [-0.2, -0.15) is 4.98 Å². The van der Waals surface area contributed by atoms with Crippen LogP contribution in [0, 0.1) is 16.0 Å². The lowest BCUT2D eigenvalue weighted by Crippen LogP contribution is -2.44. The van der Waals surface area contributed by atoms with E-state index in [0.29, 0.717) is 24.8 Å². The van der Waals surface area contributed by atoms with E-state index in [1.165, 1.54) is 13.4 Å². The van der Waals surface area contributed by atoms with Crippen molar-refractivity contribution >= 4 is 11.5 Å². The lowest BCUT2D eigenvalue weighted by molar-refractivity contribution is -0.385. The predicted molar refractivity (Wildman–Crippen MR) is 73.8 cm³/mol. The van der Waals surface area contributed by atoms with Crippen LogP contribution in [0.5, 0.6) is 5.88 Å². The Morgan fingerprint density at radius 1 is 1.55 bits per heavy atom. The summed E-state index contributed by atoms with van der Waals surface area (Å²) in [6, 6.07) is 0.177. The van der Waals surface area contributed by atoms with Gasteiger partial charge in [-0.15, -0.1) is 0 Å². The summed E-state index contributed by atoms with van der Waals surface area (Å²) in [5.41, 5.74) is 5.54. The highest BCUT2D eigenvalue weighted by Gasteiger charge is 2.33. The third kappa shape index (κ3) is 2.64. The van der Waals surface area contributed by atoms with Crippen LogP contribution in [-0.4, -0.2) is 41.1 Å². The molecule has 0 aromatic carbocycles. The van der Waals surface area contributed by atoms with E-state index in [2.05, 4.69) is 9.97 Å². The van der Waals surface area contributed by atoms with Crippen molar-refractivity contribution in [3.8, 4) is 5.88 Å². The van der Waals surface area contributed by atoms with E-state index in [0.717, 1.165) is 12.8 Å². The molecule has 1 aromatic heterocycles. The minimum Gasteiger partial charge on any atom is -0.476 e. The SMILES string of the molecule is COc1ncnc(N2CC(CN)CCC2C)c1[N+](=O)[O-]. The highest BCUT2D eigenvalue weighted by molar-refractivity contribution is 5.63. The number of nitrogens with two attached hydrogens (primary N) is 1. The summed E-state index contributed by atoms with van der Waals surface area (Å²) in [5.74, 6) is 0.626. The van der Waals surface area contributed by atoms with Crippen LogP contribution in [-0.2, 0) is 0 Å². The molecule has 2 unspecified atom stereocenters. The van der Waals surface area contributed by atoms with Crippen LogP contribution in [0.25, 0.3) is 0 Å². The third-order valence-corrected chi connectivity index (χ3v) is 3.73. The van der Waals surface area contributed by atoms with Crippen molar-refractivity contribution in [3.63, 3.8) is 0 Å². The maximum atomic E-state index is 11.3. The molecule has 0 amide bonds. The van der Waals surface area contributed by atoms with Crippen molar-refractivity contribution < 1.29 is 9.66 Å².